The summed E-state index contributed by atoms with van der Waals surface area (Å²) >= 11 is 0. The summed E-state index contributed by atoms with van der Waals surface area (Å²) in [6.07, 6.45) is 7.88. The van der Waals surface area contributed by atoms with Gasteiger partial charge in [0.1, 0.15) is 0 Å². The van der Waals surface area contributed by atoms with Crippen LogP contribution in [0.15, 0.2) is 53.7 Å². The molecule has 8 heteroatoms. The molecule has 0 radical (unpaired) electrons. The number of hydrogen-bond donors (Lipinski definition) is 0. The van der Waals surface area contributed by atoms with Gasteiger partial charge in [0.05, 0.1) is 22.2 Å². The van der Waals surface area contributed by atoms with Crippen molar-refractivity contribution in [3.63, 3.8) is 0 Å². The third-order valence-electron chi connectivity index (χ3n) is 7.74. The smallest absolute Gasteiger partial charge is 0.257 e. The van der Waals surface area contributed by atoms with Gasteiger partial charge in [0, 0.05) is 32.4 Å². The van der Waals surface area contributed by atoms with Crippen molar-refractivity contribution < 1.29 is 13.2 Å². The lowest BCUT2D eigenvalue weighted by Crippen LogP contribution is -2.38. The number of nitrogens with zero attached hydrogens (tertiary/aromatic N) is 4. The number of aryl methyl sites for hydroxylation is 1. The molecule has 0 bridgehead atoms. The molecule has 2 fully saturated rings. The predicted molar refractivity (Wildman–Crippen MR) is 136 cm³/mol. The fourth-order valence-electron chi connectivity index (χ4n) is 5.41. The summed E-state index contributed by atoms with van der Waals surface area (Å²) in [4.78, 5) is 15.6. The van der Waals surface area contributed by atoms with Gasteiger partial charge in [0.25, 0.3) is 5.91 Å². The second kappa shape index (κ2) is 9.74. The molecule has 2 saturated heterocycles. The highest BCUT2D eigenvalue weighted by molar-refractivity contribution is 7.89. The average molecular weight is 495 g/mol. The molecule has 5 rings (SSSR count). The van der Waals surface area contributed by atoms with E-state index in [1.807, 2.05) is 30.2 Å². The topological polar surface area (TPSA) is 75.0 Å². The Morgan fingerprint density at radius 1 is 1.03 bits per heavy atom. The highest BCUT2D eigenvalue weighted by Gasteiger charge is 2.31. The lowest BCUT2D eigenvalue weighted by Gasteiger charge is -2.32. The van der Waals surface area contributed by atoms with Gasteiger partial charge in [-0.05, 0) is 73.3 Å². The van der Waals surface area contributed by atoms with Gasteiger partial charge in [-0.1, -0.05) is 32.0 Å². The van der Waals surface area contributed by atoms with Crippen molar-refractivity contribution in [2.24, 2.45) is 5.92 Å². The van der Waals surface area contributed by atoms with Gasteiger partial charge in [-0.15, -0.1) is 0 Å². The first kappa shape index (κ1) is 24.0. The Morgan fingerprint density at radius 2 is 1.74 bits per heavy atom. The van der Waals surface area contributed by atoms with Crippen molar-refractivity contribution in [3.05, 3.63) is 65.5 Å². The maximum Gasteiger partial charge on any atom is 0.257 e. The van der Waals surface area contributed by atoms with Gasteiger partial charge in [-0.2, -0.15) is 9.40 Å². The quantitative estimate of drug-likeness (QED) is 0.529. The van der Waals surface area contributed by atoms with Crippen LogP contribution in [0.25, 0.3) is 5.52 Å². The number of sulfonamides is 1. The lowest BCUT2D eigenvalue weighted by molar-refractivity contribution is 0.0699. The molecule has 1 aromatic carbocycles. The molecule has 2 aliphatic rings. The molecule has 0 aliphatic carbocycles. The largest absolute Gasteiger partial charge is 0.339 e. The third-order valence-corrected chi connectivity index (χ3v) is 9.74. The molecular weight excluding hydrogens is 460 g/mol. The number of carbonyl (C=O) groups excluding carboxylic acids is 1. The van der Waals surface area contributed by atoms with Crippen LogP contribution in [0.4, 0.5) is 0 Å². The molecule has 0 atom stereocenters. The first-order valence-corrected chi connectivity index (χ1v) is 14.2. The lowest BCUT2D eigenvalue weighted by atomic mass is 9.90. The minimum atomic E-state index is -3.50. The zero-order chi connectivity index (χ0) is 24.6. The van der Waals surface area contributed by atoms with Crippen molar-refractivity contribution >= 4 is 21.4 Å². The molecule has 35 heavy (non-hydrogen) atoms. The number of likely N-dealkylation sites (tertiary alicyclic amines) is 1. The number of benzene rings is 1. The van der Waals surface area contributed by atoms with Crippen LogP contribution in [-0.4, -0.2) is 59.3 Å². The van der Waals surface area contributed by atoms with E-state index in [4.69, 9.17) is 0 Å². The van der Waals surface area contributed by atoms with E-state index in [1.165, 1.54) is 0 Å². The van der Waals surface area contributed by atoms with Crippen molar-refractivity contribution in [2.45, 2.75) is 56.8 Å². The molecule has 0 unspecified atom stereocenters. The van der Waals surface area contributed by atoms with Crippen molar-refractivity contribution in [1.29, 1.82) is 0 Å². The van der Waals surface area contributed by atoms with Crippen molar-refractivity contribution in [3.8, 4) is 0 Å². The van der Waals surface area contributed by atoms with Gasteiger partial charge >= 0.3 is 0 Å². The Bertz CT molecular complexity index is 1320. The van der Waals surface area contributed by atoms with E-state index >= 15 is 0 Å². The fraction of sp³-hybridized carbons (Fsp3) is 0.481. The van der Waals surface area contributed by atoms with E-state index in [-0.39, 0.29) is 11.8 Å². The van der Waals surface area contributed by atoms with Gasteiger partial charge in [0.2, 0.25) is 10.0 Å². The van der Waals surface area contributed by atoms with E-state index < -0.39 is 10.0 Å². The zero-order valence-corrected chi connectivity index (χ0v) is 21.4. The fourth-order valence-corrected chi connectivity index (χ4v) is 7.18. The van der Waals surface area contributed by atoms with Crippen LogP contribution >= 0.6 is 0 Å². The Kier molecular flexibility index (Phi) is 6.68. The van der Waals surface area contributed by atoms with E-state index in [1.54, 1.807) is 27.2 Å². The van der Waals surface area contributed by atoms with Crippen LogP contribution in [0.1, 0.15) is 66.9 Å². The summed E-state index contributed by atoms with van der Waals surface area (Å²) in [5.41, 5.74) is 3.49. The summed E-state index contributed by atoms with van der Waals surface area (Å²) in [5.74, 6) is 0.973. The summed E-state index contributed by atoms with van der Waals surface area (Å²) in [5, 5.41) is 4.41. The maximum atomic E-state index is 13.3. The van der Waals surface area contributed by atoms with E-state index in [0.717, 1.165) is 55.4 Å². The number of piperidine rings is 2. The molecule has 7 nitrogen and oxygen atoms in total. The minimum absolute atomic E-state index is 0.0551. The number of hydrogen-bond acceptors (Lipinski definition) is 4. The Labute approximate surface area is 207 Å². The van der Waals surface area contributed by atoms with Gasteiger partial charge in [-0.25, -0.2) is 12.9 Å². The van der Waals surface area contributed by atoms with Crippen LogP contribution in [-0.2, 0) is 16.4 Å². The molecule has 2 aromatic heterocycles. The van der Waals surface area contributed by atoms with Gasteiger partial charge < -0.3 is 4.90 Å². The molecule has 186 valence electrons. The van der Waals surface area contributed by atoms with Crippen LogP contribution in [0.3, 0.4) is 0 Å². The molecule has 0 N–H and O–H groups in total. The highest BCUT2D eigenvalue weighted by Crippen LogP contribution is 2.32. The highest BCUT2D eigenvalue weighted by atomic mass is 32.2. The van der Waals surface area contributed by atoms with Crippen LogP contribution in [0.5, 0.6) is 0 Å². The minimum Gasteiger partial charge on any atom is -0.339 e. The monoisotopic (exact) mass is 494 g/mol. The van der Waals surface area contributed by atoms with Gasteiger partial charge in [0.15, 0.2) is 0 Å². The summed E-state index contributed by atoms with van der Waals surface area (Å²) in [6, 6.07) is 11.4. The second-order valence-corrected chi connectivity index (χ2v) is 11.9. The average Bonchev–Trinajstić information content (AvgIpc) is 3.32. The van der Waals surface area contributed by atoms with Crippen LogP contribution in [0, 0.1) is 5.92 Å². The van der Waals surface area contributed by atoms with E-state index in [9.17, 15) is 13.2 Å². The molecule has 4 heterocycles. The van der Waals surface area contributed by atoms with Crippen LogP contribution < -0.4 is 0 Å². The van der Waals surface area contributed by atoms with Crippen molar-refractivity contribution in [2.75, 3.05) is 26.2 Å². The molecule has 2 aliphatic heterocycles. The summed E-state index contributed by atoms with van der Waals surface area (Å²) in [6.45, 7) is 6.80. The Hall–Kier alpha value is -2.71. The predicted octanol–water partition coefficient (Wildman–Crippen LogP) is 4.34. The Morgan fingerprint density at radius 3 is 2.46 bits per heavy atom. The standard InChI is InChI=1S/C27H34N4O3S/c1-3-21-6-4-5-7-26(21)35(33,34)30-15-10-22(11-16-30)23-12-17-31-25(18-23)24(19-28-31)27(32)29-13-8-20(2)9-14-29/h4-7,12,17-20,22H,3,8-11,13-16H2,1-2H3. The van der Waals surface area contributed by atoms with Crippen LogP contribution in [0.2, 0.25) is 0 Å². The normalized spacial score (nSPS) is 18.9. The number of fused-ring (bicyclic) bond motifs is 1. The number of rotatable bonds is 5. The first-order valence-electron chi connectivity index (χ1n) is 12.7. The number of pyridine rings is 1. The molecule has 0 spiro atoms. The molecule has 1 amide bonds. The first-order chi connectivity index (χ1) is 16.9. The number of amides is 1. The summed E-state index contributed by atoms with van der Waals surface area (Å²) < 4.78 is 30.0. The zero-order valence-electron chi connectivity index (χ0n) is 20.6. The molecular formula is C27H34N4O3S. The summed E-state index contributed by atoms with van der Waals surface area (Å²) in [7, 11) is -3.50. The number of aromatic nitrogens is 2. The molecule has 3 aromatic rings. The van der Waals surface area contributed by atoms with Crippen molar-refractivity contribution in [1.82, 2.24) is 18.8 Å². The van der Waals surface area contributed by atoms with E-state index in [0.29, 0.717) is 35.9 Å². The van der Waals surface area contributed by atoms with Gasteiger partial charge in [-0.3, -0.25) is 4.79 Å². The van der Waals surface area contributed by atoms with E-state index in [2.05, 4.69) is 24.2 Å². The SMILES string of the molecule is CCc1ccccc1S(=O)(=O)N1CCC(c2ccn3ncc(C(=O)N4CCC(C)CC4)c3c2)CC1. The number of carbonyl (C=O) groups is 1. The maximum absolute atomic E-state index is 13.3. The Balaban J connectivity index is 1.32. The second-order valence-electron chi connectivity index (χ2n) is 9.96. The molecule has 0 saturated carbocycles. The third kappa shape index (κ3) is 4.61.